The van der Waals surface area contributed by atoms with E-state index in [-0.39, 0.29) is 16.8 Å². The zero-order valence-corrected chi connectivity index (χ0v) is 18.6. The molecule has 1 fully saturated rings. The first-order valence-corrected chi connectivity index (χ1v) is 11.4. The molecule has 0 radical (unpaired) electrons. The Morgan fingerprint density at radius 2 is 1.88 bits per heavy atom. The molecule has 1 aromatic heterocycles. The van der Waals surface area contributed by atoms with Gasteiger partial charge in [0, 0.05) is 17.8 Å². The van der Waals surface area contributed by atoms with Gasteiger partial charge in [-0.15, -0.1) is 11.3 Å². The lowest BCUT2D eigenvalue weighted by atomic mass is 9.88. The lowest BCUT2D eigenvalue weighted by molar-refractivity contribution is -0.135. The van der Waals surface area contributed by atoms with E-state index in [4.69, 9.17) is 16.3 Å². The number of urea groups is 1. The van der Waals surface area contributed by atoms with Gasteiger partial charge in [-0.2, -0.15) is 0 Å². The number of anilines is 2. The minimum absolute atomic E-state index is 0.00978. The molecular weight excluding hydrogens is 453 g/mol. The second-order valence-corrected chi connectivity index (χ2v) is 9.00. The standard InChI is InChI=1S/C23H21ClFN3O3S/c24-18-2-1-3-19(21(18)25)28-23(30)27-16-8-4-14(5-9-16)20-12-26-22(32-20)15-6-10-17(11-7-15)31-13-29/h1-5,8-9,12-13,15,17H,6-7,10-11H2,(H2,27,28,30). The van der Waals surface area contributed by atoms with Crippen molar-refractivity contribution >= 4 is 46.8 Å². The van der Waals surface area contributed by atoms with Gasteiger partial charge in [0.2, 0.25) is 0 Å². The fourth-order valence-corrected chi connectivity index (χ4v) is 5.00. The summed E-state index contributed by atoms with van der Waals surface area (Å²) < 4.78 is 19.0. The Labute approximate surface area is 193 Å². The molecule has 3 aromatic rings. The van der Waals surface area contributed by atoms with E-state index in [0.29, 0.717) is 18.1 Å². The van der Waals surface area contributed by atoms with Crippen LogP contribution < -0.4 is 10.6 Å². The third kappa shape index (κ3) is 5.26. The largest absolute Gasteiger partial charge is 0.465 e. The molecule has 0 bridgehead atoms. The number of benzene rings is 2. The first kappa shape index (κ1) is 22.2. The van der Waals surface area contributed by atoms with E-state index in [0.717, 1.165) is 41.1 Å². The number of amides is 2. The van der Waals surface area contributed by atoms with Crippen LogP contribution in [-0.4, -0.2) is 23.6 Å². The second-order valence-electron chi connectivity index (χ2n) is 7.53. The maximum Gasteiger partial charge on any atom is 0.323 e. The monoisotopic (exact) mass is 473 g/mol. The first-order chi connectivity index (χ1) is 15.5. The van der Waals surface area contributed by atoms with Crippen molar-refractivity contribution in [3.8, 4) is 10.4 Å². The van der Waals surface area contributed by atoms with Gasteiger partial charge in [-0.25, -0.2) is 14.2 Å². The summed E-state index contributed by atoms with van der Waals surface area (Å²) in [6.07, 6.45) is 5.52. The highest BCUT2D eigenvalue weighted by Gasteiger charge is 2.25. The van der Waals surface area contributed by atoms with E-state index < -0.39 is 11.8 Å². The maximum atomic E-state index is 13.9. The zero-order valence-electron chi connectivity index (χ0n) is 17.0. The van der Waals surface area contributed by atoms with Crippen LogP contribution in [0.25, 0.3) is 10.4 Å². The molecule has 2 aromatic carbocycles. The Hall–Kier alpha value is -2.97. The number of hydrogen-bond acceptors (Lipinski definition) is 5. The van der Waals surface area contributed by atoms with Crippen molar-refractivity contribution in [2.24, 2.45) is 0 Å². The van der Waals surface area contributed by atoms with Crippen molar-refractivity contribution in [1.29, 1.82) is 0 Å². The van der Waals surface area contributed by atoms with Crippen LogP contribution >= 0.6 is 22.9 Å². The summed E-state index contributed by atoms with van der Waals surface area (Å²) >= 11 is 7.39. The van der Waals surface area contributed by atoms with Crippen molar-refractivity contribution in [3.63, 3.8) is 0 Å². The summed E-state index contributed by atoms with van der Waals surface area (Å²) in [6.45, 7) is 0.532. The predicted octanol–water partition coefficient (Wildman–Crippen LogP) is 6.45. The number of nitrogens with zero attached hydrogens (tertiary/aromatic N) is 1. The summed E-state index contributed by atoms with van der Waals surface area (Å²) in [5.41, 5.74) is 1.58. The molecule has 9 heteroatoms. The van der Waals surface area contributed by atoms with Crippen LogP contribution in [0, 0.1) is 5.82 Å². The number of ether oxygens (including phenoxy) is 1. The average Bonchev–Trinajstić information content (AvgIpc) is 3.28. The Morgan fingerprint density at radius 3 is 2.59 bits per heavy atom. The van der Waals surface area contributed by atoms with Gasteiger partial charge in [-0.05, 0) is 55.5 Å². The summed E-state index contributed by atoms with van der Waals surface area (Å²) in [7, 11) is 0. The Kier molecular flexibility index (Phi) is 7.02. The SMILES string of the molecule is O=COC1CCC(c2ncc(-c3ccc(NC(=O)Nc4cccc(Cl)c4F)cc3)s2)CC1. The third-order valence-corrected chi connectivity index (χ3v) is 6.92. The van der Waals surface area contributed by atoms with Gasteiger partial charge in [0.25, 0.3) is 6.47 Å². The van der Waals surface area contributed by atoms with Gasteiger partial charge in [-0.1, -0.05) is 29.8 Å². The van der Waals surface area contributed by atoms with Gasteiger partial charge in [0.05, 0.1) is 20.6 Å². The molecule has 1 saturated carbocycles. The molecule has 0 saturated heterocycles. The predicted molar refractivity (Wildman–Crippen MR) is 124 cm³/mol. The van der Waals surface area contributed by atoms with E-state index >= 15 is 0 Å². The number of aromatic nitrogens is 1. The summed E-state index contributed by atoms with van der Waals surface area (Å²) in [4.78, 5) is 28.3. The van der Waals surface area contributed by atoms with E-state index in [1.165, 1.54) is 12.1 Å². The van der Waals surface area contributed by atoms with Crippen LogP contribution in [-0.2, 0) is 9.53 Å². The van der Waals surface area contributed by atoms with Crippen molar-refractivity contribution in [2.45, 2.75) is 37.7 Å². The van der Waals surface area contributed by atoms with Crippen LogP contribution in [0.1, 0.15) is 36.6 Å². The van der Waals surface area contributed by atoms with Gasteiger partial charge < -0.3 is 15.4 Å². The smallest absolute Gasteiger partial charge is 0.323 e. The molecule has 2 amide bonds. The van der Waals surface area contributed by atoms with Crippen molar-refractivity contribution in [3.05, 3.63) is 64.5 Å². The summed E-state index contributed by atoms with van der Waals surface area (Å²) in [5, 5.41) is 6.16. The zero-order chi connectivity index (χ0) is 22.5. The Balaban J connectivity index is 1.35. The van der Waals surface area contributed by atoms with Crippen molar-refractivity contribution in [1.82, 2.24) is 4.98 Å². The highest BCUT2D eigenvalue weighted by molar-refractivity contribution is 7.15. The number of rotatable bonds is 6. The molecule has 2 N–H and O–H groups in total. The molecule has 1 heterocycles. The Bertz CT molecular complexity index is 1100. The van der Waals surface area contributed by atoms with Gasteiger partial charge in [0.1, 0.15) is 6.10 Å². The van der Waals surface area contributed by atoms with Crippen LogP contribution in [0.4, 0.5) is 20.6 Å². The molecule has 166 valence electrons. The topological polar surface area (TPSA) is 80.3 Å². The van der Waals surface area contributed by atoms with Gasteiger partial charge in [-0.3, -0.25) is 4.79 Å². The molecule has 0 unspecified atom stereocenters. The first-order valence-electron chi connectivity index (χ1n) is 10.2. The molecule has 0 atom stereocenters. The van der Waals surface area contributed by atoms with Crippen LogP contribution in [0.5, 0.6) is 0 Å². The fraction of sp³-hybridized carbons (Fsp3) is 0.261. The van der Waals surface area contributed by atoms with E-state index in [2.05, 4.69) is 15.6 Å². The second kappa shape index (κ2) is 10.1. The van der Waals surface area contributed by atoms with E-state index in [1.807, 2.05) is 18.3 Å². The highest BCUT2D eigenvalue weighted by atomic mass is 35.5. The van der Waals surface area contributed by atoms with Crippen molar-refractivity contribution in [2.75, 3.05) is 10.6 Å². The third-order valence-electron chi connectivity index (χ3n) is 5.42. The highest BCUT2D eigenvalue weighted by Crippen LogP contribution is 2.38. The number of thiazole rings is 1. The number of hydrogen-bond donors (Lipinski definition) is 2. The molecule has 0 spiro atoms. The number of nitrogens with one attached hydrogen (secondary N) is 2. The normalized spacial score (nSPS) is 18.1. The quantitative estimate of drug-likeness (QED) is 0.403. The van der Waals surface area contributed by atoms with E-state index in [1.54, 1.807) is 29.5 Å². The minimum atomic E-state index is -0.676. The molecule has 0 aliphatic heterocycles. The lowest BCUT2D eigenvalue weighted by Gasteiger charge is -2.25. The van der Waals surface area contributed by atoms with Crippen LogP contribution in [0.2, 0.25) is 5.02 Å². The fourth-order valence-electron chi connectivity index (χ4n) is 3.74. The van der Waals surface area contributed by atoms with Gasteiger partial charge in [0.15, 0.2) is 5.82 Å². The number of carbonyl (C=O) groups excluding carboxylic acids is 2. The summed E-state index contributed by atoms with van der Waals surface area (Å²) in [5.74, 6) is -0.290. The average molecular weight is 474 g/mol. The minimum Gasteiger partial charge on any atom is -0.465 e. The maximum absolute atomic E-state index is 13.9. The molecule has 4 rings (SSSR count). The number of carbonyl (C=O) groups is 2. The van der Waals surface area contributed by atoms with Gasteiger partial charge >= 0.3 is 6.03 Å². The lowest BCUT2D eigenvalue weighted by Crippen LogP contribution is -2.20. The van der Waals surface area contributed by atoms with Crippen molar-refractivity contribution < 1.29 is 18.7 Å². The van der Waals surface area contributed by atoms with E-state index in [9.17, 15) is 14.0 Å². The molecule has 32 heavy (non-hydrogen) atoms. The van der Waals surface area contributed by atoms with Crippen LogP contribution in [0.3, 0.4) is 0 Å². The summed E-state index contributed by atoms with van der Waals surface area (Å²) in [6, 6.07) is 11.2. The molecule has 1 aliphatic carbocycles. The number of halogens is 2. The Morgan fingerprint density at radius 1 is 1.12 bits per heavy atom. The molecular formula is C23H21ClFN3O3S. The van der Waals surface area contributed by atoms with Crippen LogP contribution in [0.15, 0.2) is 48.7 Å². The molecule has 1 aliphatic rings. The molecule has 6 nitrogen and oxygen atoms in total.